The van der Waals surface area contributed by atoms with Crippen molar-refractivity contribution in [3.8, 4) is 0 Å². The van der Waals surface area contributed by atoms with Crippen LogP contribution in [0.4, 0.5) is 4.79 Å². The predicted molar refractivity (Wildman–Crippen MR) is 66.0 cm³/mol. The second-order valence-corrected chi connectivity index (χ2v) is 4.28. The smallest absolute Gasteiger partial charge is 0.321 e. The number of hydrogen-bond donors (Lipinski definition) is 3. The van der Waals surface area contributed by atoms with Gasteiger partial charge in [-0.3, -0.25) is 29.9 Å². The van der Waals surface area contributed by atoms with Crippen molar-refractivity contribution in [2.45, 2.75) is 32.4 Å². The van der Waals surface area contributed by atoms with Crippen molar-refractivity contribution in [2.75, 3.05) is 13.6 Å². The van der Waals surface area contributed by atoms with Gasteiger partial charge in [0, 0.05) is 13.6 Å². The first-order valence-electron chi connectivity index (χ1n) is 6.02. The fourth-order valence-corrected chi connectivity index (χ4v) is 1.69. The molecule has 0 aromatic rings. The van der Waals surface area contributed by atoms with Crippen molar-refractivity contribution in [1.29, 1.82) is 0 Å². The van der Waals surface area contributed by atoms with Gasteiger partial charge in [-0.15, -0.1) is 0 Å². The number of nitrogens with zero attached hydrogens (tertiary/aromatic N) is 1. The molecule has 1 heterocycles. The lowest BCUT2D eigenvalue weighted by molar-refractivity contribution is -0.137. The van der Waals surface area contributed by atoms with E-state index in [1.807, 2.05) is 0 Å². The Morgan fingerprint density at radius 2 is 2.05 bits per heavy atom. The first kappa shape index (κ1) is 15.1. The van der Waals surface area contributed by atoms with Crippen LogP contribution in [-0.4, -0.2) is 54.3 Å². The van der Waals surface area contributed by atoms with E-state index >= 15 is 0 Å². The van der Waals surface area contributed by atoms with Gasteiger partial charge >= 0.3 is 6.03 Å². The van der Waals surface area contributed by atoms with Crippen molar-refractivity contribution in [2.24, 2.45) is 0 Å². The maximum absolute atomic E-state index is 11.6. The fourth-order valence-electron chi connectivity index (χ4n) is 1.69. The molecule has 5 amide bonds. The number of amides is 5. The van der Waals surface area contributed by atoms with Gasteiger partial charge in [0.25, 0.3) is 0 Å². The molecule has 0 bridgehead atoms. The summed E-state index contributed by atoms with van der Waals surface area (Å²) in [5.41, 5.74) is 0. The molecular formula is C11H18N4O4. The number of carbonyl (C=O) groups is 4. The molecule has 0 spiro atoms. The van der Waals surface area contributed by atoms with Crippen LogP contribution >= 0.6 is 0 Å². The molecule has 0 aliphatic carbocycles. The standard InChI is InChI=1S/C11H18N4O4/c1-4-12-11(19)14-9(17)6(2)13-7-5-8(16)15(3)10(7)18/h6-7,13H,4-5H2,1-3H3,(H2,12,14,17,19). The minimum atomic E-state index is -0.754. The van der Waals surface area contributed by atoms with Crippen molar-refractivity contribution in [1.82, 2.24) is 20.9 Å². The second kappa shape index (κ2) is 6.28. The van der Waals surface area contributed by atoms with Crippen LogP contribution in [0.3, 0.4) is 0 Å². The predicted octanol–water partition coefficient (Wildman–Crippen LogP) is -1.43. The van der Waals surface area contributed by atoms with Gasteiger partial charge in [-0.05, 0) is 13.8 Å². The minimum absolute atomic E-state index is 0.0219. The Hall–Kier alpha value is -1.96. The third-order valence-corrected chi connectivity index (χ3v) is 2.80. The van der Waals surface area contributed by atoms with Crippen LogP contribution in [0.1, 0.15) is 20.3 Å². The van der Waals surface area contributed by atoms with Gasteiger partial charge in [0.05, 0.1) is 18.5 Å². The lowest BCUT2D eigenvalue weighted by Crippen LogP contribution is -2.52. The Bertz CT molecular complexity index is 409. The fraction of sp³-hybridized carbons (Fsp3) is 0.636. The highest BCUT2D eigenvalue weighted by Gasteiger charge is 2.37. The number of rotatable bonds is 4. The topological polar surface area (TPSA) is 108 Å². The molecule has 106 valence electrons. The number of urea groups is 1. The number of hydrogen-bond acceptors (Lipinski definition) is 5. The van der Waals surface area contributed by atoms with Gasteiger partial charge < -0.3 is 5.32 Å². The molecule has 2 atom stereocenters. The molecule has 1 fully saturated rings. The molecular weight excluding hydrogens is 252 g/mol. The molecule has 19 heavy (non-hydrogen) atoms. The van der Waals surface area contributed by atoms with Gasteiger partial charge in [0.1, 0.15) is 0 Å². The first-order chi connectivity index (χ1) is 8.86. The molecule has 1 saturated heterocycles. The van der Waals surface area contributed by atoms with E-state index in [-0.39, 0.29) is 18.2 Å². The minimum Gasteiger partial charge on any atom is -0.338 e. The van der Waals surface area contributed by atoms with Crippen LogP contribution < -0.4 is 16.0 Å². The molecule has 2 unspecified atom stereocenters. The van der Waals surface area contributed by atoms with Gasteiger partial charge in [-0.1, -0.05) is 0 Å². The normalized spacial score (nSPS) is 20.4. The number of imide groups is 2. The van der Waals surface area contributed by atoms with Gasteiger partial charge in [-0.25, -0.2) is 4.79 Å². The number of carbonyl (C=O) groups excluding carboxylic acids is 4. The van der Waals surface area contributed by atoms with E-state index in [1.165, 1.54) is 14.0 Å². The van der Waals surface area contributed by atoms with E-state index in [4.69, 9.17) is 0 Å². The van der Waals surface area contributed by atoms with Gasteiger partial charge in [0.2, 0.25) is 17.7 Å². The average Bonchev–Trinajstić information content (AvgIpc) is 2.57. The molecule has 1 aliphatic heterocycles. The lowest BCUT2D eigenvalue weighted by Gasteiger charge is -2.17. The van der Waals surface area contributed by atoms with Crippen molar-refractivity contribution in [3.05, 3.63) is 0 Å². The summed E-state index contributed by atoms with van der Waals surface area (Å²) in [5.74, 6) is -1.22. The van der Waals surface area contributed by atoms with E-state index in [1.54, 1.807) is 6.92 Å². The number of nitrogens with one attached hydrogen (secondary N) is 3. The molecule has 0 radical (unpaired) electrons. The quantitative estimate of drug-likeness (QED) is 0.543. The zero-order valence-corrected chi connectivity index (χ0v) is 11.1. The number of likely N-dealkylation sites (N-methyl/N-ethyl adjacent to an activating group) is 1. The summed E-state index contributed by atoms with van der Waals surface area (Å²) in [6.45, 7) is 3.65. The van der Waals surface area contributed by atoms with Crippen molar-refractivity contribution in [3.63, 3.8) is 0 Å². The Morgan fingerprint density at radius 3 is 2.53 bits per heavy atom. The molecule has 1 rings (SSSR count). The number of likely N-dealkylation sites (tertiary alicyclic amines) is 1. The zero-order valence-electron chi connectivity index (χ0n) is 11.1. The summed E-state index contributed by atoms with van der Waals surface area (Å²) >= 11 is 0. The van der Waals surface area contributed by atoms with Gasteiger partial charge in [-0.2, -0.15) is 0 Å². The third-order valence-electron chi connectivity index (χ3n) is 2.80. The molecule has 0 saturated carbocycles. The zero-order chi connectivity index (χ0) is 14.6. The van der Waals surface area contributed by atoms with E-state index < -0.39 is 24.0 Å². The summed E-state index contributed by atoms with van der Waals surface area (Å²) < 4.78 is 0. The Morgan fingerprint density at radius 1 is 1.42 bits per heavy atom. The highest BCUT2D eigenvalue weighted by atomic mass is 16.2. The summed E-state index contributed by atoms with van der Waals surface area (Å²) in [4.78, 5) is 46.8. The summed E-state index contributed by atoms with van der Waals surface area (Å²) in [6, 6.07) is -2.06. The summed E-state index contributed by atoms with van der Waals surface area (Å²) in [7, 11) is 1.39. The highest BCUT2D eigenvalue weighted by Crippen LogP contribution is 2.11. The molecule has 8 heteroatoms. The van der Waals surface area contributed by atoms with E-state index in [9.17, 15) is 19.2 Å². The largest absolute Gasteiger partial charge is 0.338 e. The molecule has 0 aromatic carbocycles. The van der Waals surface area contributed by atoms with Crippen LogP contribution in [0.25, 0.3) is 0 Å². The Balaban J connectivity index is 2.49. The van der Waals surface area contributed by atoms with Crippen LogP contribution in [0.15, 0.2) is 0 Å². The van der Waals surface area contributed by atoms with Crippen LogP contribution in [-0.2, 0) is 14.4 Å². The molecule has 3 N–H and O–H groups in total. The average molecular weight is 270 g/mol. The van der Waals surface area contributed by atoms with E-state index in [0.717, 1.165) is 4.90 Å². The maximum atomic E-state index is 11.6. The van der Waals surface area contributed by atoms with E-state index in [0.29, 0.717) is 6.54 Å². The Kier molecular flexibility index (Phi) is 4.99. The van der Waals surface area contributed by atoms with E-state index in [2.05, 4.69) is 16.0 Å². The highest BCUT2D eigenvalue weighted by molar-refractivity contribution is 6.05. The maximum Gasteiger partial charge on any atom is 0.321 e. The van der Waals surface area contributed by atoms with Crippen LogP contribution in [0, 0.1) is 0 Å². The van der Waals surface area contributed by atoms with Crippen LogP contribution in [0.5, 0.6) is 0 Å². The summed E-state index contributed by atoms with van der Waals surface area (Å²) in [6.07, 6.45) is 0.0219. The third kappa shape index (κ3) is 3.75. The molecule has 1 aliphatic rings. The monoisotopic (exact) mass is 270 g/mol. The van der Waals surface area contributed by atoms with Crippen molar-refractivity contribution >= 4 is 23.8 Å². The second-order valence-electron chi connectivity index (χ2n) is 4.28. The van der Waals surface area contributed by atoms with Gasteiger partial charge in [0.15, 0.2) is 0 Å². The van der Waals surface area contributed by atoms with Crippen molar-refractivity contribution < 1.29 is 19.2 Å². The SMILES string of the molecule is CCNC(=O)NC(=O)C(C)NC1CC(=O)N(C)C1=O. The summed E-state index contributed by atoms with van der Waals surface area (Å²) in [5, 5.41) is 7.28. The molecule has 0 aromatic heterocycles. The Labute approximate surface area is 110 Å². The first-order valence-corrected chi connectivity index (χ1v) is 6.02. The van der Waals surface area contributed by atoms with Crippen LogP contribution in [0.2, 0.25) is 0 Å². The lowest BCUT2D eigenvalue weighted by atomic mass is 10.2. The molecule has 8 nitrogen and oxygen atoms in total.